The Kier molecular flexibility index (Phi) is 10.9. The van der Waals surface area contributed by atoms with Crippen LogP contribution in [0.1, 0.15) is 11.1 Å². The van der Waals surface area contributed by atoms with E-state index in [1.807, 2.05) is 0 Å². The molecule has 0 aliphatic heterocycles. The van der Waals surface area contributed by atoms with Crippen molar-refractivity contribution in [3.8, 4) is 0 Å². The smallest absolute Gasteiger partial charge is 0.0969 e. The van der Waals surface area contributed by atoms with Crippen LogP contribution in [-0.4, -0.2) is 0 Å². The van der Waals surface area contributed by atoms with Gasteiger partial charge in [0.15, 0.2) is 0 Å². The monoisotopic (exact) mass is 616 g/mol. The van der Waals surface area contributed by atoms with Gasteiger partial charge in [-0.05, 0) is 48.5 Å². The summed E-state index contributed by atoms with van der Waals surface area (Å²) in [6.07, 6.45) is 2.09. The molecule has 4 heteroatoms. The van der Waals surface area contributed by atoms with Crippen molar-refractivity contribution in [2.24, 2.45) is 0 Å². The molecular weight excluding hydrogens is 588 g/mol. The standard InChI is InChI=1S/C32H27P2.ClH.Pd/c1-5-16-29(17-6-1)33(30-18-7-2-8-19-30)25-27-14-13-15-28(24-27)26-34(31-20-9-3-10-21-31)32-22-11-4-12-23-32;;/h1-23H,25-26H2;1H;/q-1;;+2/p+1. The summed E-state index contributed by atoms with van der Waals surface area (Å²) in [5.74, 6) is 0. The average Bonchev–Trinajstić information content (AvgIpc) is 2.98. The second-order valence-electron chi connectivity index (χ2n) is 8.48. The van der Waals surface area contributed by atoms with Gasteiger partial charge in [0, 0.05) is 0 Å². The summed E-state index contributed by atoms with van der Waals surface area (Å²) in [6.45, 7) is 0. The maximum absolute atomic E-state index is 4.49. The molecule has 0 N–H and O–H groups in total. The third-order valence-corrected chi connectivity index (χ3v) is 11.7. The number of halogens is 1. The summed E-state index contributed by atoms with van der Waals surface area (Å²) < 4.78 is 0. The zero-order chi connectivity index (χ0) is 25.0. The Bertz CT molecular complexity index is 1120. The summed E-state index contributed by atoms with van der Waals surface area (Å²) in [5, 5.41) is 5.82. The van der Waals surface area contributed by atoms with Crippen LogP contribution in [0.4, 0.5) is 0 Å². The normalized spacial score (nSPS) is 10.7. The molecule has 5 rings (SSSR count). The van der Waals surface area contributed by atoms with Gasteiger partial charge in [-0.3, -0.25) is 0 Å². The second kappa shape index (κ2) is 14.6. The molecule has 0 radical (unpaired) electrons. The van der Waals surface area contributed by atoms with Gasteiger partial charge in [-0.1, -0.05) is 72.8 Å². The summed E-state index contributed by atoms with van der Waals surface area (Å²) in [5.41, 5.74) is 2.64. The van der Waals surface area contributed by atoms with E-state index in [4.69, 9.17) is 0 Å². The van der Waals surface area contributed by atoms with Crippen molar-refractivity contribution in [3.05, 3.63) is 157 Å². The van der Waals surface area contributed by atoms with Gasteiger partial charge in [0.2, 0.25) is 0 Å². The molecule has 0 fully saturated rings. The number of hydrogen-bond acceptors (Lipinski definition) is 0. The van der Waals surface area contributed by atoms with Crippen molar-refractivity contribution < 1.29 is 18.2 Å². The van der Waals surface area contributed by atoms with Gasteiger partial charge in [-0.25, -0.2) is 0 Å². The molecule has 182 valence electrons. The predicted molar refractivity (Wildman–Crippen MR) is 159 cm³/mol. The van der Waals surface area contributed by atoms with Gasteiger partial charge < -0.3 is 0 Å². The van der Waals surface area contributed by atoms with Crippen LogP contribution in [0, 0.1) is 6.07 Å². The molecule has 0 saturated heterocycles. The molecular formula is C32H29ClP2Pd+2. The minimum Gasteiger partial charge on any atom is -0.172 e. The second-order valence-corrected chi connectivity index (χ2v) is 13.4. The van der Waals surface area contributed by atoms with E-state index in [-0.39, 0.29) is 0 Å². The van der Waals surface area contributed by atoms with Crippen molar-refractivity contribution >= 4 is 46.6 Å². The Morgan fingerprint density at radius 3 is 0.972 bits per heavy atom. The Morgan fingerprint density at radius 2 is 0.694 bits per heavy atom. The Balaban J connectivity index is 0.00000148. The molecule has 0 aliphatic rings. The maximum Gasteiger partial charge on any atom is 0.0969 e. The van der Waals surface area contributed by atoms with Gasteiger partial charge in [0.25, 0.3) is 0 Å². The third kappa shape index (κ3) is 7.47. The van der Waals surface area contributed by atoms with Crippen LogP contribution in [0.2, 0.25) is 0 Å². The zero-order valence-corrected chi connectivity index (χ0v) is 24.2. The van der Waals surface area contributed by atoms with E-state index in [1.165, 1.54) is 32.3 Å². The molecule has 0 aromatic heterocycles. The van der Waals surface area contributed by atoms with E-state index in [1.54, 1.807) is 0 Å². The predicted octanol–water partition coefficient (Wildman–Crippen LogP) is 6.90. The molecule has 5 aromatic carbocycles. The molecule has 0 bridgehead atoms. The topological polar surface area (TPSA) is 0 Å². The van der Waals surface area contributed by atoms with Crippen molar-refractivity contribution in [1.29, 1.82) is 0 Å². The number of rotatable bonds is 8. The van der Waals surface area contributed by atoms with Gasteiger partial charge in [-0.2, -0.15) is 24.3 Å². The van der Waals surface area contributed by atoms with Crippen LogP contribution in [-0.2, 0) is 30.5 Å². The molecule has 0 nitrogen and oxygen atoms in total. The van der Waals surface area contributed by atoms with E-state index >= 15 is 0 Å². The van der Waals surface area contributed by atoms with Crippen molar-refractivity contribution in [2.75, 3.05) is 0 Å². The molecule has 0 aliphatic carbocycles. The first-order chi connectivity index (χ1) is 17.9. The van der Waals surface area contributed by atoms with Crippen molar-refractivity contribution in [1.82, 2.24) is 0 Å². The molecule has 36 heavy (non-hydrogen) atoms. The number of benzene rings is 5. The SMILES string of the molecule is [Cl][Pd+].[c-]1c(C[PH+](c2ccccc2)c2ccccc2)cccc1C[PH+](c1ccccc1)c1ccccc1. The van der Waals surface area contributed by atoms with Gasteiger partial charge in [0.1, 0.15) is 0 Å². The van der Waals surface area contributed by atoms with Gasteiger partial charge >= 0.3 is 27.7 Å². The van der Waals surface area contributed by atoms with E-state index in [0.29, 0.717) is 0 Å². The molecule has 0 atom stereocenters. The summed E-state index contributed by atoms with van der Waals surface area (Å²) >= 11 is 2.22. The molecule has 5 aromatic rings. The minimum atomic E-state index is -0.923. The fraction of sp³-hybridized carbons (Fsp3) is 0.0625. The zero-order valence-electron chi connectivity index (χ0n) is 19.9. The first-order valence-electron chi connectivity index (χ1n) is 11.9. The Morgan fingerprint density at radius 1 is 0.417 bits per heavy atom. The Hall–Kier alpha value is -2.09. The van der Waals surface area contributed by atoms with Gasteiger partial charge in [0.05, 0.1) is 49.4 Å². The van der Waals surface area contributed by atoms with Crippen LogP contribution < -0.4 is 21.2 Å². The Labute approximate surface area is 232 Å². The molecule has 0 amide bonds. The van der Waals surface area contributed by atoms with Gasteiger partial charge in [-0.15, -0.1) is 11.1 Å². The van der Waals surface area contributed by atoms with E-state index in [0.717, 1.165) is 12.3 Å². The average molecular weight is 617 g/mol. The first-order valence-corrected chi connectivity index (χ1v) is 17.3. The largest absolute Gasteiger partial charge is 0.172 e. The summed E-state index contributed by atoms with van der Waals surface area (Å²) in [4.78, 5) is 0. The van der Waals surface area contributed by atoms with Crippen LogP contribution >= 0.6 is 25.4 Å². The fourth-order valence-electron chi connectivity index (χ4n) is 4.46. The van der Waals surface area contributed by atoms with E-state index in [2.05, 4.69) is 173 Å². The third-order valence-electron chi connectivity index (χ3n) is 6.14. The number of hydrogen-bond donors (Lipinski definition) is 0. The minimum absolute atomic E-state index is 0.923. The first kappa shape index (κ1) is 27.0. The summed E-state index contributed by atoms with van der Waals surface area (Å²) in [7, 11) is 2.64. The van der Waals surface area contributed by atoms with Crippen LogP contribution in [0.5, 0.6) is 0 Å². The molecule has 0 heterocycles. The van der Waals surface area contributed by atoms with Crippen molar-refractivity contribution in [2.45, 2.75) is 12.3 Å². The summed E-state index contributed by atoms with van der Waals surface area (Å²) in [6, 6.07) is 54.6. The van der Waals surface area contributed by atoms with Crippen LogP contribution in [0.25, 0.3) is 0 Å². The molecule has 0 saturated carbocycles. The van der Waals surface area contributed by atoms with E-state index < -0.39 is 15.8 Å². The van der Waals surface area contributed by atoms with Crippen LogP contribution in [0.15, 0.2) is 140 Å². The maximum atomic E-state index is 4.49. The quantitative estimate of drug-likeness (QED) is 0.101. The molecule has 0 spiro atoms. The molecule has 0 unspecified atom stereocenters. The van der Waals surface area contributed by atoms with Crippen molar-refractivity contribution in [3.63, 3.8) is 0 Å². The van der Waals surface area contributed by atoms with E-state index in [9.17, 15) is 0 Å². The van der Waals surface area contributed by atoms with Crippen LogP contribution in [0.3, 0.4) is 0 Å². The fourth-order valence-corrected chi connectivity index (χ4v) is 9.49.